The van der Waals surface area contributed by atoms with E-state index in [-0.39, 0.29) is 18.5 Å². The van der Waals surface area contributed by atoms with E-state index >= 15 is 0 Å². The van der Waals surface area contributed by atoms with Crippen LogP contribution >= 0.6 is 0 Å². The Bertz CT molecular complexity index is 1190. The van der Waals surface area contributed by atoms with Gasteiger partial charge in [0.05, 0.1) is 10.8 Å². The fourth-order valence-electron chi connectivity index (χ4n) is 4.56. The van der Waals surface area contributed by atoms with Crippen LogP contribution in [0.1, 0.15) is 36.1 Å². The number of piperidine rings is 1. The van der Waals surface area contributed by atoms with Gasteiger partial charge in [-0.05, 0) is 67.5 Å². The fourth-order valence-corrected chi connectivity index (χ4v) is 6.08. The number of benzene rings is 2. The molecule has 1 saturated heterocycles. The minimum Gasteiger partial charge on any atom is -0.457 e. The molecule has 2 heterocycles. The van der Waals surface area contributed by atoms with Crippen molar-refractivity contribution in [1.82, 2.24) is 4.31 Å². The summed E-state index contributed by atoms with van der Waals surface area (Å²) >= 11 is 0. The van der Waals surface area contributed by atoms with Crippen molar-refractivity contribution in [2.75, 3.05) is 13.1 Å². The fraction of sp³-hybridized carbons (Fsp3) is 0.375. The number of esters is 1. The zero-order chi connectivity index (χ0) is 21.4. The van der Waals surface area contributed by atoms with Crippen LogP contribution < -0.4 is 0 Å². The Labute approximate surface area is 181 Å². The summed E-state index contributed by atoms with van der Waals surface area (Å²) < 4.78 is 38.7. The smallest absolute Gasteiger partial charge is 0.309 e. The quantitative estimate of drug-likeness (QED) is 0.560. The van der Waals surface area contributed by atoms with Crippen molar-refractivity contribution >= 4 is 27.0 Å². The molecule has 0 atom stereocenters. The molecule has 5 rings (SSSR count). The van der Waals surface area contributed by atoms with Gasteiger partial charge < -0.3 is 9.15 Å². The summed E-state index contributed by atoms with van der Waals surface area (Å²) in [5.41, 5.74) is 3.16. The summed E-state index contributed by atoms with van der Waals surface area (Å²) in [7, 11) is -3.54. The number of sulfonamides is 1. The summed E-state index contributed by atoms with van der Waals surface area (Å²) in [5, 5.41) is 0.971. The number of nitrogens with zero attached hydrogens (tertiary/aromatic N) is 1. The zero-order valence-electron chi connectivity index (χ0n) is 17.2. The van der Waals surface area contributed by atoms with E-state index in [0.717, 1.165) is 35.8 Å². The summed E-state index contributed by atoms with van der Waals surface area (Å²) in [6.45, 7) is 0.731. The standard InChI is InChI=1S/C24H25NO5S/c26-24(29-16-21-14-20-4-1-2-7-23(20)30-21)18-10-12-25(13-11-18)31(27,28)22-9-8-17-5-3-6-19(17)15-22/h1-2,4,7-9,14-15,18H,3,5-6,10-13,16H2. The van der Waals surface area contributed by atoms with E-state index in [9.17, 15) is 13.2 Å². The molecule has 3 aromatic rings. The first kappa shape index (κ1) is 20.3. The third kappa shape index (κ3) is 4.00. The number of para-hydroxylation sites is 1. The third-order valence-corrected chi connectivity index (χ3v) is 8.22. The van der Waals surface area contributed by atoms with Crippen LogP contribution in [0.5, 0.6) is 0 Å². The minimum absolute atomic E-state index is 0.0845. The molecule has 0 N–H and O–H groups in total. The van der Waals surface area contributed by atoms with Crippen LogP contribution in [0.2, 0.25) is 0 Å². The highest BCUT2D eigenvalue weighted by atomic mass is 32.2. The predicted molar refractivity (Wildman–Crippen MR) is 116 cm³/mol. The van der Waals surface area contributed by atoms with E-state index < -0.39 is 10.0 Å². The molecule has 1 fully saturated rings. The van der Waals surface area contributed by atoms with Crippen LogP contribution in [-0.2, 0) is 39.0 Å². The molecular weight excluding hydrogens is 414 g/mol. The first-order chi connectivity index (χ1) is 15.0. The van der Waals surface area contributed by atoms with Crippen molar-refractivity contribution in [3.63, 3.8) is 0 Å². The van der Waals surface area contributed by atoms with Crippen LogP contribution in [0.15, 0.2) is 57.8 Å². The molecule has 0 bridgehead atoms. The molecule has 1 aliphatic heterocycles. The average Bonchev–Trinajstić information content (AvgIpc) is 3.43. The number of hydrogen-bond acceptors (Lipinski definition) is 5. The number of fused-ring (bicyclic) bond motifs is 2. The lowest BCUT2D eigenvalue weighted by molar-refractivity contribution is -0.151. The van der Waals surface area contributed by atoms with E-state index in [0.29, 0.717) is 36.6 Å². The van der Waals surface area contributed by atoms with E-state index in [1.54, 1.807) is 6.07 Å². The predicted octanol–water partition coefficient (Wildman–Crippen LogP) is 4.07. The Morgan fingerprint density at radius 1 is 1.03 bits per heavy atom. The number of carbonyl (C=O) groups is 1. The lowest BCUT2D eigenvalue weighted by Gasteiger charge is -2.30. The molecule has 162 valence electrons. The Morgan fingerprint density at radius 2 is 1.81 bits per heavy atom. The second-order valence-corrected chi connectivity index (χ2v) is 10.3. The van der Waals surface area contributed by atoms with Crippen LogP contribution in [0.4, 0.5) is 0 Å². The second kappa shape index (κ2) is 8.13. The normalized spacial score (nSPS) is 17.7. The second-order valence-electron chi connectivity index (χ2n) is 8.32. The average molecular weight is 440 g/mol. The van der Waals surface area contributed by atoms with Gasteiger partial charge >= 0.3 is 5.97 Å². The Hall–Kier alpha value is -2.64. The molecular formula is C24H25NO5S. The maximum Gasteiger partial charge on any atom is 0.309 e. The van der Waals surface area contributed by atoms with Crippen LogP contribution in [-0.4, -0.2) is 31.8 Å². The molecule has 1 aliphatic carbocycles. The van der Waals surface area contributed by atoms with Gasteiger partial charge in [0.2, 0.25) is 10.0 Å². The summed E-state index contributed by atoms with van der Waals surface area (Å²) in [4.78, 5) is 12.9. The summed E-state index contributed by atoms with van der Waals surface area (Å²) in [6.07, 6.45) is 3.97. The molecule has 0 unspecified atom stereocenters. The number of hydrogen-bond donors (Lipinski definition) is 0. The van der Waals surface area contributed by atoms with E-state index in [2.05, 4.69) is 0 Å². The SMILES string of the molecule is O=C(OCc1cc2ccccc2o1)C1CCN(S(=O)(=O)c2ccc3c(c2)CCC3)CC1. The van der Waals surface area contributed by atoms with Crippen molar-refractivity contribution in [3.8, 4) is 0 Å². The molecule has 1 aromatic heterocycles. The molecule has 0 spiro atoms. The summed E-state index contributed by atoms with van der Waals surface area (Å²) in [6, 6.07) is 15.0. The van der Waals surface area contributed by atoms with E-state index in [4.69, 9.17) is 9.15 Å². The van der Waals surface area contributed by atoms with Gasteiger partial charge in [0.15, 0.2) is 0 Å². The van der Waals surface area contributed by atoms with Crippen molar-refractivity contribution in [3.05, 3.63) is 65.4 Å². The number of rotatable bonds is 5. The van der Waals surface area contributed by atoms with Crippen LogP contribution in [0.3, 0.4) is 0 Å². The van der Waals surface area contributed by atoms with Crippen LogP contribution in [0, 0.1) is 5.92 Å². The highest BCUT2D eigenvalue weighted by Gasteiger charge is 2.33. The topological polar surface area (TPSA) is 76.8 Å². The monoisotopic (exact) mass is 439 g/mol. The molecule has 0 radical (unpaired) electrons. The van der Waals surface area contributed by atoms with E-state index in [1.807, 2.05) is 42.5 Å². The maximum atomic E-state index is 13.1. The Morgan fingerprint density at radius 3 is 2.61 bits per heavy atom. The Kier molecular flexibility index (Phi) is 5.32. The van der Waals surface area contributed by atoms with Crippen molar-refractivity contribution in [2.45, 2.75) is 43.6 Å². The van der Waals surface area contributed by atoms with Gasteiger partial charge in [0.25, 0.3) is 0 Å². The van der Waals surface area contributed by atoms with E-state index in [1.165, 1.54) is 9.87 Å². The van der Waals surface area contributed by atoms with Crippen molar-refractivity contribution < 1.29 is 22.4 Å². The number of furan rings is 1. The van der Waals surface area contributed by atoms with Gasteiger partial charge in [0, 0.05) is 18.5 Å². The Balaban J connectivity index is 1.18. The van der Waals surface area contributed by atoms with Gasteiger partial charge in [-0.25, -0.2) is 8.42 Å². The van der Waals surface area contributed by atoms with Crippen molar-refractivity contribution in [2.24, 2.45) is 5.92 Å². The highest BCUT2D eigenvalue weighted by Crippen LogP contribution is 2.29. The molecule has 2 aromatic carbocycles. The first-order valence-electron chi connectivity index (χ1n) is 10.8. The lowest BCUT2D eigenvalue weighted by Crippen LogP contribution is -2.40. The number of aryl methyl sites for hydroxylation is 2. The number of ether oxygens (including phenoxy) is 1. The van der Waals surface area contributed by atoms with Gasteiger partial charge in [-0.15, -0.1) is 0 Å². The zero-order valence-corrected chi connectivity index (χ0v) is 18.1. The largest absolute Gasteiger partial charge is 0.457 e. The minimum atomic E-state index is -3.54. The van der Waals surface area contributed by atoms with Gasteiger partial charge in [-0.2, -0.15) is 4.31 Å². The first-order valence-corrected chi connectivity index (χ1v) is 12.2. The van der Waals surface area contributed by atoms with Crippen LogP contribution in [0.25, 0.3) is 11.0 Å². The molecule has 0 saturated carbocycles. The van der Waals surface area contributed by atoms with Gasteiger partial charge in [-0.3, -0.25) is 4.79 Å². The molecule has 2 aliphatic rings. The van der Waals surface area contributed by atoms with Crippen molar-refractivity contribution in [1.29, 1.82) is 0 Å². The van der Waals surface area contributed by atoms with Gasteiger partial charge in [-0.1, -0.05) is 24.3 Å². The lowest BCUT2D eigenvalue weighted by atomic mass is 9.98. The maximum absolute atomic E-state index is 13.1. The molecule has 7 heteroatoms. The third-order valence-electron chi connectivity index (χ3n) is 6.33. The molecule has 0 amide bonds. The molecule has 31 heavy (non-hydrogen) atoms. The highest BCUT2D eigenvalue weighted by molar-refractivity contribution is 7.89. The number of carbonyl (C=O) groups excluding carboxylic acids is 1. The summed E-state index contributed by atoms with van der Waals surface area (Å²) in [5.74, 6) is 0.0112. The molecule has 6 nitrogen and oxygen atoms in total. The van der Waals surface area contributed by atoms with Gasteiger partial charge in [0.1, 0.15) is 18.0 Å².